The van der Waals surface area contributed by atoms with Gasteiger partial charge in [0.15, 0.2) is 5.96 Å². The molecule has 0 spiro atoms. The standard InChI is InChI=1S/C20H29ClN6O3/c1-20(2,3)29-19(28)25-12-5-11-23-18(22-4)24-13-10-16-26-17(27-30-16)14-6-8-15(21)9-7-14/h6-9H,5,10-13H2,1-4H3,(H,25,28)(H2,22,23,24). The van der Waals surface area contributed by atoms with Crippen LogP contribution in [0.1, 0.15) is 33.1 Å². The second kappa shape index (κ2) is 11.4. The number of carbonyl (C=O) groups is 1. The first kappa shape index (κ1) is 23.5. The lowest BCUT2D eigenvalue weighted by Crippen LogP contribution is -2.40. The number of aromatic nitrogens is 2. The quantitative estimate of drug-likeness (QED) is 0.331. The van der Waals surface area contributed by atoms with E-state index < -0.39 is 11.7 Å². The van der Waals surface area contributed by atoms with Gasteiger partial charge in [-0.05, 0) is 51.5 Å². The monoisotopic (exact) mass is 436 g/mol. The average molecular weight is 437 g/mol. The highest BCUT2D eigenvalue weighted by molar-refractivity contribution is 6.30. The van der Waals surface area contributed by atoms with E-state index in [4.69, 9.17) is 20.9 Å². The van der Waals surface area contributed by atoms with Crippen LogP contribution in [0.2, 0.25) is 5.02 Å². The second-order valence-electron chi connectivity index (χ2n) is 7.48. The van der Waals surface area contributed by atoms with E-state index in [9.17, 15) is 4.79 Å². The first-order chi connectivity index (χ1) is 14.3. The third-order valence-corrected chi connectivity index (χ3v) is 3.99. The zero-order valence-corrected chi connectivity index (χ0v) is 18.5. The molecular weight excluding hydrogens is 408 g/mol. The summed E-state index contributed by atoms with van der Waals surface area (Å²) in [6.07, 6.45) is 0.873. The molecule has 0 radical (unpaired) electrons. The van der Waals surface area contributed by atoms with Crippen LogP contribution in [0.5, 0.6) is 0 Å². The third-order valence-electron chi connectivity index (χ3n) is 3.74. The van der Waals surface area contributed by atoms with E-state index in [1.54, 1.807) is 19.2 Å². The molecule has 0 bridgehead atoms. The van der Waals surface area contributed by atoms with Crippen LogP contribution in [0.25, 0.3) is 11.4 Å². The molecule has 164 valence electrons. The average Bonchev–Trinajstić information content (AvgIpc) is 3.14. The molecule has 0 aliphatic rings. The predicted molar refractivity (Wildman–Crippen MR) is 117 cm³/mol. The van der Waals surface area contributed by atoms with Gasteiger partial charge in [-0.1, -0.05) is 16.8 Å². The van der Waals surface area contributed by atoms with Crippen molar-refractivity contribution in [1.82, 2.24) is 26.1 Å². The van der Waals surface area contributed by atoms with Gasteiger partial charge in [0.25, 0.3) is 0 Å². The van der Waals surface area contributed by atoms with Crippen LogP contribution in [0.3, 0.4) is 0 Å². The molecule has 3 N–H and O–H groups in total. The number of hydrogen-bond donors (Lipinski definition) is 3. The number of carbonyl (C=O) groups excluding carboxylic acids is 1. The minimum absolute atomic E-state index is 0.414. The maximum absolute atomic E-state index is 11.6. The Hall–Kier alpha value is -2.81. The molecule has 0 aliphatic carbocycles. The van der Waals surface area contributed by atoms with Crippen molar-refractivity contribution in [3.05, 3.63) is 35.2 Å². The van der Waals surface area contributed by atoms with Gasteiger partial charge in [-0.2, -0.15) is 4.98 Å². The summed E-state index contributed by atoms with van der Waals surface area (Å²) in [6, 6.07) is 7.26. The highest BCUT2D eigenvalue weighted by Crippen LogP contribution is 2.18. The highest BCUT2D eigenvalue weighted by Gasteiger charge is 2.15. The number of guanidine groups is 1. The van der Waals surface area contributed by atoms with Gasteiger partial charge < -0.3 is 25.2 Å². The van der Waals surface area contributed by atoms with Gasteiger partial charge in [-0.3, -0.25) is 4.99 Å². The summed E-state index contributed by atoms with van der Waals surface area (Å²) >= 11 is 5.89. The minimum atomic E-state index is -0.498. The van der Waals surface area contributed by atoms with E-state index in [0.717, 1.165) is 12.0 Å². The zero-order chi connectivity index (χ0) is 22.0. The van der Waals surface area contributed by atoms with Crippen molar-refractivity contribution in [3.63, 3.8) is 0 Å². The fourth-order valence-electron chi connectivity index (χ4n) is 2.38. The van der Waals surface area contributed by atoms with Crippen LogP contribution in [0, 0.1) is 0 Å². The van der Waals surface area contributed by atoms with Crippen LogP contribution in [-0.2, 0) is 11.2 Å². The lowest BCUT2D eigenvalue weighted by atomic mass is 10.2. The number of aliphatic imine (C=N–C) groups is 1. The molecule has 1 aromatic heterocycles. The highest BCUT2D eigenvalue weighted by atomic mass is 35.5. The maximum atomic E-state index is 11.6. The summed E-state index contributed by atoms with van der Waals surface area (Å²) in [5.74, 6) is 1.72. The first-order valence-electron chi connectivity index (χ1n) is 9.77. The van der Waals surface area contributed by atoms with E-state index >= 15 is 0 Å². The Morgan fingerprint density at radius 2 is 1.80 bits per heavy atom. The Bertz CT molecular complexity index is 830. The number of rotatable bonds is 8. The van der Waals surface area contributed by atoms with Crippen LogP contribution in [-0.4, -0.2) is 54.5 Å². The molecule has 1 amide bonds. The number of hydrogen-bond acceptors (Lipinski definition) is 6. The molecule has 30 heavy (non-hydrogen) atoms. The molecule has 0 unspecified atom stereocenters. The summed E-state index contributed by atoms with van der Waals surface area (Å²) in [4.78, 5) is 20.1. The van der Waals surface area contributed by atoms with Crippen molar-refractivity contribution in [2.45, 2.75) is 39.2 Å². The van der Waals surface area contributed by atoms with Crippen molar-refractivity contribution in [2.24, 2.45) is 4.99 Å². The Morgan fingerprint density at radius 1 is 1.13 bits per heavy atom. The fraction of sp³-hybridized carbons (Fsp3) is 0.500. The Kier molecular flexibility index (Phi) is 8.91. The molecule has 0 fully saturated rings. The number of ether oxygens (including phenoxy) is 1. The maximum Gasteiger partial charge on any atom is 0.407 e. The van der Waals surface area contributed by atoms with E-state index in [2.05, 4.69) is 31.1 Å². The lowest BCUT2D eigenvalue weighted by molar-refractivity contribution is 0.0527. The van der Waals surface area contributed by atoms with E-state index in [0.29, 0.717) is 48.8 Å². The normalized spacial score (nSPS) is 11.8. The lowest BCUT2D eigenvalue weighted by Gasteiger charge is -2.19. The zero-order valence-electron chi connectivity index (χ0n) is 17.8. The van der Waals surface area contributed by atoms with Gasteiger partial charge in [0.2, 0.25) is 11.7 Å². The summed E-state index contributed by atoms with van der Waals surface area (Å²) in [5.41, 5.74) is 0.349. The number of nitrogens with one attached hydrogen (secondary N) is 3. The van der Waals surface area contributed by atoms with E-state index in [-0.39, 0.29) is 0 Å². The molecule has 1 heterocycles. The van der Waals surface area contributed by atoms with Crippen molar-refractivity contribution in [2.75, 3.05) is 26.7 Å². The molecule has 2 aromatic rings. The minimum Gasteiger partial charge on any atom is -0.444 e. The van der Waals surface area contributed by atoms with Crippen LogP contribution in [0.4, 0.5) is 4.79 Å². The number of alkyl carbamates (subject to hydrolysis) is 1. The Morgan fingerprint density at radius 3 is 2.47 bits per heavy atom. The molecule has 9 nitrogen and oxygen atoms in total. The SMILES string of the molecule is CN=C(NCCCNC(=O)OC(C)(C)C)NCCc1nc(-c2ccc(Cl)cc2)no1. The van der Waals surface area contributed by atoms with Crippen LogP contribution >= 0.6 is 11.6 Å². The summed E-state index contributed by atoms with van der Waals surface area (Å²) in [6.45, 7) is 7.23. The predicted octanol–water partition coefficient (Wildman–Crippen LogP) is 3.01. The van der Waals surface area contributed by atoms with E-state index in [1.807, 2.05) is 32.9 Å². The number of halogens is 1. The second-order valence-corrected chi connectivity index (χ2v) is 7.91. The number of benzene rings is 1. The summed E-state index contributed by atoms with van der Waals surface area (Å²) < 4.78 is 10.5. The van der Waals surface area contributed by atoms with Crippen molar-refractivity contribution in [3.8, 4) is 11.4 Å². The molecule has 0 saturated carbocycles. The fourth-order valence-corrected chi connectivity index (χ4v) is 2.51. The van der Waals surface area contributed by atoms with Gasteiger partial charge in [0, 0.05) is 43.7 Å². The van der Waals surface area contributed by atoms with Gasteiger partial charge >= 0.3 is 6.09 Å². The van der Waals surface area contributed by atoms with Crippen molar-refractivity contribution < 1.29 is 14.1 Å². The molecule has 2 rings (SSSR count). The summed E-state index contributed by atoms with van der Waals surface area (Å²) in [7, 11) is 1.69. The van der Waals surface area contributed by atoms with Gasteiger partial charge in [-0.15, -0.1) is 0 Å². The number of amides is 1. The van der Waals surface area contributed by atoms with Gasteiger partial charge in [0.1, 0.15) is 5.60 Å². The molecule has 0 aliphatic heterocycles. The third kappa shape index (κ3) is 8.69. The van der Waals surface area contributed by atoms with Gasteiger partial charge in [0.05, 0.1) is 0 Å². The van der Waals surface area contributed by atoms with Gasteiger partial charge in [-0.25, -0.2) is 4.79 Å². The molecular formula is C20H29ClN6O3. The molecule has 1 aromatic carbocycles. The largest absolute Gasteiger partial charge is 0.444 e. The topological polar surface area (TPSA) is 114 Å². The Balaban J connectivity index is 1.64. The van der Waals surface area contributed by atoms with Crippen molar-refractivity contribution >= 4 is 23.7 Å². The molecule has 0 saturated heterocycles. The summed E-state index contributed by atoms with van der Waals surface area (Å²) in [5, 5.41) is 13.7. The first-order valence-corrected chi connectivity index (χ1v) is 10.1. The Labute approximate surface area is 181 Å². The van der Waals surface area contributed by atoms with E-state index in [1.165, 1.54) is 0 Å². The molecule has 10 heteroatoms. The van der Waals surface area contributed by atoms with Crippen LogP contribution < -0.4 is 16.0 Å². The molecule has 0 atom stereocenters. The van der Waals surface area contributed by atoms with Crippen LogP contribution in [0.15, 0.2) is 33.8 Å². The smallest absolute Gasteiger partial charge is 0.407 e. The van der Waals surface area contributed by atoms with Crippen molar-refractivity contribution in [1.29, 1.82) is 0 Å². The number of nitrogens with zero attached hydrogens (tertiary/aromatic N) is 3.